The van der Waals surface area contributed by atoms with E-state index in [-0.39, 0.29) is 17.2 Å². The number of nitrogen functional groups attached to an aromatic ring is 1. The van der Waals surface area contributed by atoms with Crippen molar-refractivity contribution >= 4 is 17.5 Å². The summed E-state index contributed by atoms with van der Waals surface area (Å²) in [5, 5.41) is 9.64. The average molecular weight is 422 g/mol. The number of rotatable bonds is 4. The van der Waals surface area contributed by atoms with Crippen LogP contribution in [-0.4, -0.2) is 72.8 Å². The van der Waals surface area contributed by atoms with Gasteiger partial charge in [0, 0.05) is 50.5 Å². The summed E-state index contributed by atoms with van der Waals surface area (Å²) in [5.41, 5.74) is 8.32. The van der Waals surface area contributed by atoms with Crippen molar-refractivity contribution in [2.24, 2.45) is 5.41 Å². The van der Waals surface area contributed by atoms with Gasteiger partial charge < -0.3 is 25.4 Å². The lowest BCUT2D eigenvalue weighted by Gasteiger charge is -2.49. The predicted octanol–water partition coefficient (Wildman–Crippen LogP) is 3.52. The Labute approximate surface area is 185 Å². The molecule has 7 nitrogen and oxygen atoms in total. The fraction of sp³-hybridized carbons (Fsp3) is 0.696. The molecule has 168 valence electrons. The predicted molar refractivity (Wildman–Crippen MR) is 122 cm³/mol. The molecule has 3 rings (SSSR count). The number of piperidine rings is 1. The summed E-state index contributed by atoms with van der Waals surface area (Å²) < 4.78 is 27.4. The summed E-state index contributed by atoms with van der Waals surface area (Å²) in [4.78, 5) is 18.1. The molecule has 2 aliphatic rings. The van der Waals surface area contributed by atoms with Crippen LogP contribution in [0.15, 0.2) is 12.1 Å². The van der Waals surface area contributed by atoms with E-state index in [0.29, 0.717) is 18.3 Å². The number of amides is 1. The van der Waals surface area contributed by atoms with Crippen molar-refractivity contribution in [1.29, 1.82) is 0 Å². The Bertz CT molecular complexity index is 849. The third-order valence-corrected chi connectivity index (χ3v) is 6.68. The summed E-state index contributed by atoms with van der Waals surface area (Å²) in [6.45, 7) is 12.1. The van der Waals surface area contributed by atoms with Crippen molar-refractivity contribution in [2.45, 2.75) is 59.0 Å². The zero-order chi connectivity index (χ0) is 24.6. The normalized spacial score (nSPS) is 23.6. The van der Waals surface area contributed by atoms with Crippen LogP contribution in [0, 0.1) is 5.41 Å². The highest BCUT2D eigenvalue weighted by molar-refractivity contribution is 5.67. The van der Waals surface area contributed by atoms with E-state index in [2.05, 4.69) is 37.5 Å². The summed E-state index contributed by atoms with van der Waals surface area (Å²) in [7, 11) is -2.55. The number of methoxy groups -OCH3 is 1. The van der Waals surface area contributed by atoms with Crippen molar-refractivity contribution in [1.82, 2.24) is 9.80 Å². The number of carboxylic acid groups (broad SMARTS) is 1. The molecule has 2 fully saturated rings. The Morgan fingerprint density at radius 2 is 1.97 bits per heavy atom. The SMILES string of the molecule is [2H]C([2H])([2H])Oc1cc(N2CCC(N3CCN(C(=O)O)C(C(C)(C)C)C3)CC2)c(CC)cc1N. The number of ether oxygens (including phenoxy) is 1. The zero-order valence-electron chi connectivity index (χ0n) is 21.6. The minimum absolute atomic E-state index is 0.0369. The highest BCUT2D eigenvalue weighted by atomic mass is 16.5. The molecule has 0 aliphatic carbocycles. The molecule has 3 N–H and O–H groups in total. The lowest BCUT2D eigenvalue weighted by molar-refractivity contribution is 0.00182. The number of hydrogen-bond acceptors (Lipinski definition) is 5. The van der Waals surface area contributed by atoms with Crippen LogP contribution in [0.2, 0.25) is 0 Å². The van der Waals surface area contributed by atoms with E-state index in [4.69, 9.17) is 14.6 Å². The van der Waals surface area contributed by atoms with Gasteiger partial charge in [0.15, 0.2) is 0 Å². The van der Waals surface area contributed by atoms with Gasteiger partial charge in [0.25, 0.3) is 0 Å². The van der Waals surface area contributed by atoms with Crippen LogP contribution in [0.25, 0.3) is 0 Å². The van der Waals surface area contributed by atoms with Crippen LogP contribution in [-0.2, 0) is 6.42 Å². The van der Waals surface area contributed by atoms with Gasteiger partial charge in [-0.25, -0.2) is 4.79 Å². The molecule has 0 radical (unpaired) electrons. The first-order valence-corrected chi connectivity index (χ1v) is 10.9. The van der Waals surface area contributed by atoms with Crippen LogP contribution in [0.1, 0.15) is 50.2 Å². The van der Waals surface area contributed by atoms with E-state index in [1.165, 1.54) is 0 Å². The minimum atomic E-state index is -2.55. The van der Waals surface area contributed by atoms with E-state index in [1.807, 2.05) is 6.07 Å². The first-order valence-electron chi connectivity index (χ1n) is 12.4. The molecule has 1 aromatic carbocycles. The summed E-state index contributed by atoms with van der Waals surface area (Å²) in [6, 6.07) is 3.95. The van der Waals surface area contributed by atoms with Crippen LogP contribution < -0.4 is 15.4 Å². The number of piperazine rings is 1. The average Bonchev–Trinajstić information content (AvgIpc) is 2.73. The van der Waals surface area contributed by atoms with Gasteiger partial charge in [0.2, 0.25) is 0 Å². The Morgan fingerprint density at radius 3 is 2.53 bits per heavy atom. The number of hydrogen-bond donors (Lipinski definition) is 2. The summed E-state index contributed by atoms with van der Waals surface area (Å²) in [5.74, 6) is 0.196. The second-order valence-electron chi connectivity index (χ2n) is 9.55. The van der Waals surface area contributed by atoms with Crippen LogP contribution in [0.3, 0.4) is 0 Å². The first-order chi connectivity index (χ1) is 15.3. The second kappa shape index (κ2) is 8.92. The van der Waals surface area contributed by atoms with Gasteiger partial charge in [-0.2, -0.15) is 0 Å². The Morgan fingerprint density at radius 1 is 1.27 bits per heavy atom. The molecule has 1 unspecified atom stereocenters. The van der Waals surface area contributed by atoms with Gasteiger partial charge in [-0.05, 0) is 36.3 Å². The van der Waals surface area contributed by atoms with Gasteiger partial charge in [0.05, 0.1) is 22.9 Å². The molecule has 2 saturated heterocycles. The largest absolute Gasteiger partial charge is 0.495 e. The van der Waals surface area contributed by atoms with E-state index in [0.717, 1.165) is 56.7 Å². The maximum absolute atomic E-state index is 11.7. The van der Waals surface area contributed by atoms with Crippen molar-refractivity contribution in [3.8, 4) is 5.75 Å². The standard InChI is InChI=1S/C23H38N4O3/c1-6-16-13-18(24)20(30-5)14-19(16)25-9-7-17(8-10-25)26-11-12-27(22(28)29)21(15-26)23(2,3)4/h13-14,17,21H,6-12,15,24H2,1-5H3,(H,28,29)/i5D3. The van der Waals surface area contributed by atoms with E-state index in [1.54, 1.807) is 11.0 Å². The monoisotopic (exact) mass is 421 g/mol. The molecule has 2 aliphatic heterocycles. The smallest absolute Gasteiger partial charge is 0.407 e. The number of aryl methyl sites for hydroxylation is 1. The topological polar surface area (TPSA) is 82.3 Å². The van der Waals surface area contributed by atoms with Crippen LogP contribution >= 0.6 is 0 Å². The van der Waals surface area contributed by atoms with Gasteiger partial charge in [-0.3, -0.25) is 4.90 Å². The lowest BCUT2D eigenvalue weighted by atomic mass is 9.83. The molecule has 1 atom stereocenters. The molecule has 2 heterocycles. The van der Waals surface area contributed by atoms with Gasteiger partial charge in [0.1, 0.15) is 5.75 Å². The third kappa shape index (κ3) is 4.61. The molecular weight excluding hydrogens is 380 g/mol. The molecule has 0 bridgehead atoms. The van der Waals surface area contributed by atoms with E-state index >= 15 is 0 Å². The third-order valence-electron chi connectivity index (χ3n) is 6.68. The van der Waals surface area contributed by atoms with Crippen molar-refractivity contribution in [2.75, 3.05) is 50.4 Å². The Kier molecular flexibility index (Phi) is 5.53. The van der Waals surface area contributed by atoms with Gasteiger partial charge in [-0.15, -0.1) is 0 Å². The fourth-order valence-electron chi connectivity index (χ4n) is 4.88. The molecule has 0 saturated carbocycles. The van der Waals surface area contributed by atoms with Gasteiger partial charge >= 0.3 is 6.09 Å². The number of carbonyl (C=O) groups is 1. The van der Waals surface area contributed by atoms with Crippen molar-refractivity contribution < 1.29 is 18.8 Å². The second-order valence-corrected chi connectivity index (χ2v) is 9.55. The molecule has 1 amide bonds. The molecule has 7 heteroatoms. The van der Waals surface area contributed by atoms with Crippen molar-refractivity contribution in [3.63, 3.8) is 0 Å². The molecular formula is C23H38N4O3. The Hall–Kier alpha value is -2.15. The van der Waals surface area contributed by atoms with E-state index in [9.17, 15) is 9.90 Å². The molecule has 0 spiro atoms. The number of nitrogens with two attached hydrogens (primary N) is 1. The van der Waals surface area contributed by atoms with Crippen LogP contribution in [0.4, 0.5) is 16.2 Å². The molecule has 0 aromatic heterocycles. The van der Waals surface area contributed by atoms with Crippen molar-refractivity contribution in [3.05, 3.63) is 17.7 Å². The van der Waals surface area contributed by atoms with E-state index < -0.39 is 13.1 Å². The summed E-state index contributed by atoms with van der Waals surface area (Å²) in [6.07, 6.45) is 1.88. The quantitative estimate of drug-likeness (QED) is 0.724. The molecule has 30 heavy (non-hydrogen) atoms. The lowest BCUT2D eigenvalue weighted by Crippen LogP contribution is -2.62. The maximum Gasteiger partial charge on any atom is 0.407 e. The fourth-order valence-corrected chi connectivity index (χ4v) is 4.88. The highest BCUT2D eigenvalue weighted by Crippen LogP contribution is 2.35. The number of benzene rings is 1. The first kappa shape index (κ1) is 18.6. The maximum atomic E-state index is 11.7. The minimum Gasteiger partial charge on any atom is -0.495 e. The number of anilines is 2. The summed E-state index contributed by atoms with van der Waals surface area (Å²) >= 11 is 0. The van der Waals surface area contributed by atoms with Gasteiger partial charge in [-0.1, -0.05) is 27.7 Å². The van der Waals surface area contributed by atoms with Crippen LogP contribution in [0.5, 0.6) is 5.75 Å². The highest BCUT2D eigenvalue weighted by Gasteiger charge is 2.40. The molecule has 1 aromatic rings. The number of nitrogens with zero attached hydrogens (tertiary/aromatic N) is 3. The Balaban J connectivity index is 1.71. The zero-order valence-corrected chi connectivity index (χ0v) is 18.6.